The SMILES string of the molecule is CCc1ccc(OCc2nnc3ccc(N)cn23)cc1. The van der Waals surface area contributed by atoms with Crippen LogP contribution < -0.4 is 10.5 Å². The van der Waals surface area contributed by atoms with Gasteiger partial charge in [-0.3, -0.25) is 4.40 Å². The lowest BCUT2D eigenvalue weighted by molar-refractivity contribution is 0.294. The molecule has 1 aromatic carbocycles. The molecule has 0 aliphatic heterocycles. The van der Waals surface area contributed by atoms with Gasteiger partial charge in [-0.15, -0.1) is 10.2 Å². The predicted molar refractivity (Wildman–Crippen MR) is 77.6 cm³/mol. The molecule has 20 heavy (non-hydrogen) atoms. The fraction of sp³-hybridized carbons (Fsp3) is 0.200. The molecule has 3 rings (SSSR count). The Kier molecular flexibility index (Phi) is 3.25. The predicted octanol–water partition coefficient (Wildman–Crippen LogP) is 2.45. The number of hydrogen-bond acceptors (Lipinski definition) is 4. The third-order valence-electron chi connectivity index (χ3n) is 3.20. The first-order valence-electron chi connectivity index (χ1n) is 6.57. The highest BCUT2D eigenvalue weighted by Gasteiger charge is 2.06. The molecule has 0 spiro atoms. The molecule has 3 aromatic rings. The van der Waals surface area contributed by atoms with Gasteiger partial charge in [-0.2, -0.15) is 0 Å². The molecule has 2 heterocycles. The van der Waals surface area contributed by atoms with Crippen LogP contribution in [-0.4, -0.2) is 14.6 Å². The number of nitrogens with two attached hydrogens (primary N) is 1. The Bertz CT molecular complexity index is 718. The lowest BCUT2D eigenvalue weighted by Crippen LogP contribution is -2.02. The van der Waals surface area contributed by atoms with E-state index in [9.17, 15) is 0 Å². The molecule has 2 N–H and O–H groups in total. The van der Waals surface area contributed by atoms with Crippen LogP contribution in [0.4, 0.5) is 5.69 Å². The van der Waals surface area contributed by atoms with Gasteiger partial charge in [0.2, 0.25) is 0 Å². The van der Waals surface area contributed by atoms with Crippen LogP contribution in [-0.2, 0) is 13.0 Å². The van der Waals surface area contributed by atoms with Crippen LogP contribution in [0, 0.1) is 0 Å². The summed E-state index contributed by atoms with van der Waals surface area (Å²) in [5, 5.41) is 8.19. The molecule has 102 valence electrons. The molecular weight excluding hydrogens is 252 g/mol. The highest BCUT2D eigenvalue weighted by molar-refractivity contribution is 5.47. The number of ether oxygens (including phenoxy) is 1. The number of hydrogen-bond donors (Lipinski definition) is 1. The first-order chi connectivity index (χ1) is 9.76. The largest absolute Gasteiger partial charge is 0.486 e. The van der Waals surface area contributed by atoms with Gasteiger partial charge >= 0.3 is 0 Å². The minimum atomic E-state index is 0.357. The lowest BCUT2D eigenvalue weighted by atomic mass is 10.2. The van der Waals surface area contributed by atoms with E-state index in [2.05, 4.69) is 29.3 Å². The standard InChI is InChI=1S/C15H16N4O/c1-2-11-3-6-13(7-4-11)20-10-15-18-17-14-8-5-12(16)9-19(14)15/h3-9H,2,10,16H2,1H3. The maximum absolute atomic E-state index is 5.77. The van der Waals surface area contributed by atoms with Crippen molar-refractivity contribution in [3.05, 3.63) is 54.0 Å². The van der Waals surface area contributed by atoms with Gasteiger partial charge in [-0.1, -0.05) is 19.1 Å². The molecule has 0 saturated carbocycles. The van der Waals surface area contributed by atoms with E-state index < -0.39 is 0 Å². The second kappa shape index (κ2) is 5.21. The average Bonchev–Trinajstić information content (AvgIpc) is 2.88. The van der Waals surface area contributed by atoms with Crippen molar-refractivity contribution in [1.82, 2.24) is 14.6 Å². The van der Waals surface area contributed by atoms with Gasteiger partial charge in [0.1, 0.15) is 12.4 Å². The van der Waals surface area contributed by atoms with Gasteiger partial charge in [0.05, 0.1) is 0 Å². The zero-order valence-corrected chi connectivity index (χ0v) is 11.3. The first-order valence-corrected chi connectivity index (χ1v) is 6.57. The molecule has 0 aliphatic carbocycles. The maximum Gasteiger partial charge on any atom is 0.175 e. The van der Waals surface area contributed by atoms with E-state index in [4.69, 9.17) is 10.5 Å². The molecule has 0 saturated heterocycles. The smallest absolute Gasteiger partial charge is 0.175 e. The zero-order chi connectivity index (χ0) is 13.9. The third kappa shape index (κ3) is 2.42. The fourth-order valence-electron chi connectivity index (χ4n) is 2.02. The van der Waals surface area contributed by atoms with Crippen molar-refractivity contribution in [2.45, 2.75) is 20.0 Å². The van der Waals surface area contributed by atoms with Crippen LogP contribution in [0.15, 0.2) is 42.6 Å². The number of aryl methyl sites for hydroxylation is 1. The summed E-state index contributed by atoms with van der Waals surface area (Å²) in [5.74, 6) is 1.55. The highest BCUT2D eigenvalue weighted by Crippen LogP contribution is 2.15. The van der Waals surface area contributed by atoms with E-state index in [-0.39, 0.29) is 0 Å². The Labute approximate surface area is 117 Å². The van der Waals surface area contributed by atoms with Gasteiger partial charge in [0.15, 0.2) is 11.5 Å². The second-order valence-corrected chi connectivity index (χ2v) is 4.59. The maximum atomic E-state index is 5.77. The van der Waals surface area contributed by atoms with Crippen molar-refractivity contribution >= 4 is 11.3 Å². The first kappa shape index (κ1) is 12.5. The summed E-state index contributed by atoms with van der Waals surface area (Å²) in [6, 6.07) is 11.7. The van der Waals surface area contributed by atoms with Gasteiger partial charge in [0.25, 0.3) is 0 Å². The molecule has 0 bridgehead atoms. The van der Waals surface area contributed by atoms with Crippen molar-refractivity contribution in [2.75, 3.05) is 5.73 Å². The molecule has 0 unspecified atom stereocenters. The summed E-state index contributed by atoms with van der Waals surface area (Å²) in [7, 11) is 0. The van der Waals surface area contributed by atoms with Crippen LogP contribution in [0.5, 0.6) is 5.75 Å². The van der Waals surface area contributed by atoms with Gasteiger partial charge in [-0.25, -0.2) is 0 Å². The lowest BCUT2D eigenvalue weighted by Gasteiger charge is -2.06. The molecule has 0 atom stereocenters. The fourth-order valence-corrected chi connectivity index (χ4v) is 2.02. The van der Waals surface area contributed by atoms with E-state index >= 15 is 0 Å². The number of anilines is 1. The monoisotopic (exact) mass is 268 g/mol. The number of nitrogens with zero attached hydrogens (tertiary/aromatic N) is 3. The molecule has 0 amide bonds. The number of benzene rings is 1. The summed E-state index contributed by atoms with van der Waals surface area (Å²) in [4.78, 5) is 0. The van der Waals surface area contributed by atoms with Gasteiger partial charge in [-0.05, 0) is 36.2 Å². The van der Waals surface area contributed by atoms with Crippen LogP contribution in [0.25, 0.3) is 5.65 Å². The van der Waals surface area contributed by atoms with Crippen molar-refractivity contribution in [2.24, 2.45) is 0 Å². The van der Waals surface area contributed by atoms with E-state index in [1.165, 1.54) is 5.56 Å². The Morgan fingerprint density at radius 2 is 1.90 bits per heavy atom. The van der Waals surface area contributed by atoms with E-state index in [0.717, 1.165) is 23.6 Å². The Morgan fingerprint density at radius 3 is 2.65 bits per heavy atom. The van der Waals surface area contributed by atoms with E-state index in [1.54, 1.807) is 12.3 Å². The Hall–Kier alpha value is -2.56. The van der Waals surface area contributed by atoms with Gasteiger partial charge < -0.3 is 10.5 Å². The minimum Gasteiger partial charge on any atom is -0.486 e. The number of rotatable bonds is 4. The Balaban J connectivity index is 1.77. The Morgan fingerprint density at radius 1 is 1.10 bits per heavy atom. The average molecular weight is 268 g/mol. The number of fused-ring (bicyclic) bond motifs is 1. The number of pyridine rings is 1. The normalized spacial score (nSPS) is 10.8. The van der Waals surface area contributed by atoms with Crippen molar-refractivity contribution in [1.29, 1.82) is 0 Å². The van der Waals surface area contributed by atoms with Crippen LogP contribution in [0.2, 0.25) is 0 Å². The molecule has 5 heteroatoms. The highest BCUT2D eigenvalue weighted by atomic mass is 16.5. The van der Waals surface area contributed by atoms with Crippen LogP contribution in [0.3, 0.4) is 0 Å². The molecule has 0 radical (unpaired) electrons. The zero-order valence-electron chi connectivity index (χ0n) is 11.3. The molecule has 5 nitrogen and oxygen atoms in total. The summed E-state index contributed by atoms with van der Waals surface area (Å²) in [6.07, 6.45) is 2.82. The van der Waals surface area contributed by atoms with Crippen molar-refractivity contribution in [3.63, 3.8) is 0 Å². The summed E-state index contributed by atoms with van der Waals surface area (Å²) in [6.45, 7) is 2.48. The van der Waals surface area contributed by atoms with Gasteiger partial charge in [0, 0.05) is 11.9 Å². The molecule has 0 aliphatic rings. The van der Waals surface area contributed by atoms with Crippen LogP contribution >= 0.6 is 0 Å². The molecule has 0 fully saturated rings. The minimum absolute atomic E-state index is 0.357. The summed E-state index contributed by atoms with van der Waals surface area (Å²) < 4.78 is 7.58. The molecular formula is C15H16N4O. The van der Waals surface area contributed by atoms with E-state index in [0.29, 0.717) is 12.3 Å². The number of aromatic nitrogens is 3. The summed E-state index contributed by atoms with van der Waals surface area (Å²) in [5.41, 5.74) is 8.50. The molecule has 2 aromatic heterocycles. The topological polar surface area (TPSA) is 65.4 Å². The quantitative estimate of drug-likeness (QED) is 0.789. The second-order valence-electron chi connectivity index (χ2n) is 4.59. The summed E-state index contributed by atoms with van der Waals surface area (Å²) >= 11 is 0. The van der Waals surface area contributed by atoms with Crippen LogP contribution in [0.1, 0.15) is 18.3 Å². The third-order valence-corrected chi connectivity index (χ3v) is 3.20. The van der Waals surface area contributed by atoms with Crippen molar-refractivity contribution in [3.8, 4) is 5.75 Å². The van der Waals surface area contributed by atoms with Crippen molar-refractivity contribution < 1.29 is 4.74 Å². The number of nitrogen functional groups attached to an aromatic ring is 1. The van der Waals surface area contributed by atoms with E-state index in [1.807, 2.05) is 22.6 Å².